The molecule has 0 radical (unpaired) electrons. The molecule has 11 heteroatoms. The molecule has 1 aliphatic rings. The second kappa shape index (κ2) is 7.26. The van der Waals surface area contributed by atoms with E-state index in [9.17, 15) is 31.1 Å². The third-order valence-corrected chi connectivity index (χ3v) is 5.10. The summed E-state index contributed by atoms with van der Waals surface area (Å²) in [5, 5.41) is 3.85. The summed E-state index contributed by atoms with van der Waals surface area (Å²) in [6.07, 6.45) is -4.61. The van der Waals surface area contributed by atoms with E-state index < -0.39 is 46.1 Å². The Morgan fingerprint density at radius 2 is 1.61 bits per heavy atom. The van der Waals surface area contributed by atoms with Gasteiger partial charge in [0, 0.05) is 10.9 Å². The zero-order valence-corrected chi connectivity index (χ0v) is 16.2. The number of hydrogen-bond donors (Lipinski definition) is 0. The number of benzene rings is 3. The molecule has 5 nitrogen and oxygen atoms in total. The fourth-order valence-electron chi connectivity index (χ4n) is 3.53. The summed E-state index contributed by atoms with van der Waals surface area (Å²) in [6, 6.07) is 7.63. The van der Waals surface area contributed by atoms with Crippen molar-refractivity contribution in [2.75, 3.05) is 6.79 Å². The smallest absolute Gasteiger partial charge is 0.416 e. The van der Waals surface area contributed by atoms with Gasteiger partial charge in [-0.25, -0.2) is 8.78 Å². The maximum absolute atomic E-state index is 14.9. The Morgan fingerprint density at radius 3 is 2.30 bits per heavy atom. The Kier molecular flexibility index (Phi) is 4.59. The van der Waals surface area contributed by atoms with E-state index in [0.717, 1.165) is 42.5 Å². The van der Waals surface area contributed by atoms with E-state index in [1.54, 1.807) is 0 Å². The van der Waals surface area contributed by atoms with Crippen molar-refractivity contribution in [3.63, 3.8) is 0 Å². The third-order valence-electron chi connectivity index (χ3n) is 5.10. The first-order valence-corrected chi connectivity index (χ1v) is 9.33. The summed E-state index contributed by atoms with van der Waals surface area (Å²) in [5.41, 5.74) is -2.58. The standard InChI is InChI=1S/C22H10F6N2O3/c23-11-3-6-13-14(7-11)21(31)30(12-4-1-10(2-5-12)22(26,27)28)29-19(13)15-8-16-20(33-9-32-16)18(25)17(15)24/h1-8H,9H2. The Bertz CT molecular complexity index is 1480. The molecule has 0 spiro atoms. The van der Waals surface area contributed by atoms with Crippen LogP contribution in [0.1, 0.15) is 5.56 Å². The predicted octanol–water partition coefficient (Wildman–Crippen LogP) is 5.22. The first-order valence-electron chi connectivity index (χ1n) is 9.33. The average molecular weight is 464 g/mol. The van der Waals surface area contributed by atoms with E-state index in [0.29, 0.717) is 4.68 Å². The lowest BCUT2D eigenvalue weighted by atomic mass is 10.0. The fourth-order valence-corrected chi connectivity index (χ4v) is 3.53. The number of alkyl halides is 3. The number of rotatable bonds is 2. The molecule has 5 rings (SSSR count). The van der Waals surface area contributed by atoms with E-state index in [1.165, 1.54) is 6.07 Å². The van der Waals surface area contributed by atoms with Gasteiger partial charge in [-0.3, -0.25) is 4.79 Å². The van der Waals surface area contributed by atoms with Crippen LogP contribution < -0.4 is 15.0 Å². The summed E-state index contributed by atoms with van der Waals surface area (Å²) in [5.74, 6) is -4.01. The summed E-state index contributed by atoms with van der Waals surface area (Å²) < 4.78 is 92.8. The molecule has 0 bridgehead atoms. The van der Waals surface area contributed by atoms with Crippen molar-refractivity contribution in [1.82, 2.24) is 9.78 Å². The average Bonchev–Trinajstić information content (AvgIpc) is 3.25. The highest BCUT2D eigenvalue weighted by Crippen LogP contribution is 2.41. The summed E-state index contributed by atoms with van der Waals surface area (Å²) in [7, 11) is 0. The minimum Gasteiger partial charge on any atom is -0.453 e. The molecule has 0 saturated carbocycles. The Hall–Kier alpha value is -4.02. The lowest BCUT2D eigenvalue weighted by Crippen LogP contribution is -2.22. The van der Waals surface area contributed by atoms with Crippen LogP contribution in [0.5, 0.6) is 11.5 Å². The summed E-state index contributed by atoms with van der Waals surface area (Å²) in [4.78, 5) is 13.0. The van der Waals surface area contributed by atoms with Crippen LogP contribution in [0.4, 0.5) is 26.3 Å². The molecule has 0 unspecified atom stereocenters. The lowest BCUT2D eigenvalue weighted by Gasteiger charge is -2.14. The van der Waals surface area contributed by atoms with Crippen molar-refractivity contribution < 1.29 is 35.8 Å². The van der Waals surface area contributed by atoms with Gasteiger partial charge in [-0.1, -0.05) is 0 Å². The van der Waals surface area contributed by atoms with Crippen molar-refractivity contribution in [3.8, 4) is 28.4 Å². The minimum atomic E-state index is -4.61. The first-order chi connectivity index (χ1) is 15.6. The quantitative estimate of drug-likeness (QED) is 0.382. The van der Waals surface area contributed by atoms with Gasteiger partial charge >= 0.3 is 6.18 Å². The number of aromatic nitrogens is 2. The van der Waals surface area contributed by atoms with Gasteiger partial charge in [0.2, 0.25) is 18.4 Å². The molecule has 0 amide bonds. The second-order valence-electron chi connectivity index (χ2n) is 7.09. The van der Waals surface area contributed by atoms with Crippen molar-refractivity contribution >= 4 is 10.8 Å². The Morgan fingerprint density at radius 1 is 0.879 bits per heavy atom. The van der Waals surface area contributed by atoms with E-state index >= 15 is 0 Å². The molecule has 0 aliphatic carbocycles. The van der Waals surface area contributed by atoms with Crippen molar-refractivity contribution in [2.45, 2.75) is 6.18 Å². The van der Waals surface area contributed by atoms with Crippen LogP contribution in [-0.2, 0) is 6.18 Å². The molecule has 33 heavy (non-hydrogen) atoms. The fraction of sp³-hybridized carbons (Fsp3) is 0.0909. The number of fused-ring (bicyclic) bond motifs is 2. The molecular weight excluding hydrogens is 454 g/mol. The zero-order valence-electron chi connectivity index (χ0n) is 16.2. The number of halogens is 6. The van der Waals surface area contributed by atoms with E-state index in [1.807, 2.05) is 0 Å². The SMILES string of the molecule is O=c1c2cc(F)ccc2c(-c2cc3c(c(F)c2F)OCO3)nn1-c1ccc(C(F)(F)F)cc1. The summed E-state index contributed by atoms with van der Waals surface area (Å²) >= 11 is 0. The van der Waals surface area contributed by atoms with Crippen LogP contribution in [0.3, 0.4) is 0 Å². The Balaban J connectivity index is 1.80. The van der Waals surface area contributed by atoms with E-state index in [-0.39, 0.29) is 34.7 Å². The monoisotopic (exact) mass is 464 g/mol. The van der Waals surface area contributed by atoms with Crippen LogP contribution in [0.2, 0.25) is 0 Å². The van der Waals surface area contributed by atoms with Gasteiger partial charge < -0.3 is 9.47 Å². The maximum Gasteiger partial charge on any atom is 0.416 e. The van der Waals surface area contributed by atoms with Gasteiger partial charge in [0.1, 0.15) is 11.5 Å². The lowest BCUT2D eigenvalue weighted by molar-refractivity contribution is -0.137. The van der Waals surface area contributed by atoms with Crippen molar-refractivity contribution in [1.29, 1.82) is 0 Å². The molecule has 0 fully saturated rings. The van der Waals surface area contributed by atoms with Crippen LogP contribution in [0.25, 0.3) is 27.7 Å². The normalized spacial score (nSPS) is 13.0. The molecule has 0 atom stereocenters. The maximum atomic E-state index is 14.9. The highest BCUT2D eigenvalue weighted by molar-refractivity contribution is 5.94. The number of hydrogen-bond acceptors (Lipinski definition) is 4. The first kappa shape index (κ1) is 20.9. The summed E-state index contributed by atoms with van der Waals surface area (Å²) in [6.45, 7) is -0.334. The van der Waals surface area contributed by atoms with Crippen molar-refractivity contribution in [2.24, 2.45) is 0 Å². The van der Waals surface area contributed by atoms with Gasteiger partial charge in [-0.15, -0.1) is 0 Å². The Labute approximate surface area is 180 Å². The van der Waals surface area contributed by atoms with E-state index in [4.69, 9.17) is 9.47 Å². The molecule has 2 heterocycles. The minimum absolute atomic E-state index is 0.00160. The van der Waals surface area contributed by atoms with E-state index in [2.05, 4.69) is 5.10 Å². The molecule has 168 valence electrons. The van der Waals surface area contributed by atoms with Gasteiger partial charge in [0.25, 0.3) is 5.56 Å². The topological polar surface area (TPSA) is 53.4 Å². The highest BCUT2D eigenvalue weighted by atomic mass is 19.4. The second-order valence-corrected chi connectivity index (χ2v) is 7.09. The molecule has 0 N–H and O–H groups in total. The van der Waals surface area contributed by atoms with Crippen LogP contribution in [-0.4, -0.2) is 16.6 Å². The molecule has 3 aromatic carbocycles. The third kappa shape index (κ3) is 3.36. The molecule has 0 saturated heterocycles. The van der Waals surface area contributed by atoms with Crippen molar-refractivity contribution in [3.05, 3.63) is 81.9 Å². The number of ether oxygens (including phenoxy) is 2. The largest absolute Gasteiger partial charge is 0.453 e. The molecular formula is C22H10F6N2O3. The van der Waals surface area contributed by atoms with Crippen LogP contribution in [0.15, 0.2) is 53.3 Å². The van der Waals surface area contributed by atoms with Gasteiger partial charge in [0.05, 0.1) is 16.6 Å². The van der Waals surface area contributed by atoms with Crippen LogP contribution in [0, 0.1) is 17.5 Å². The van der Waals surface area contributed by atoms with Gasteiger partial charge in [0.15, 0.2) is 11.6 Å². The molecule has 1 aliphatic heterocycles. The van der Waals surface area contributed by atoms with Gasteiger partial charge in [-0.2, -0.15) is 27.3 Å². The van der Waals surface area contributed by atoms with Gasteiger partial charge in [-0.05, 0) is 48.5 Å². The predicted molar refractivity (Wildman–Crippen MR) is 104 cm³/mol. The molecule has 4 aromatic rings. The van der Waals surface area contributed by atoms with Crippen LogP contribution >= 0.6 is 0 Å². The molecule has 1 aromatic heterocycles. The highest BCUT2D eigenvalue weighted by Gasteiger charge is 2.31. The number of nitrogens with zero attached hydrogens (tertiary/aromatic N) is 2. The zero-order chi connectivity index (χ0) is 23.5.